The Morgan fingerprint density at radius 2 is 1.86 bits per heavy atom. The van der Waals surface area contributed by atoms with E-state index in [2.05, 4.69) is 10.1 Å². The summed E-state index contributed by atoms with van der Waals surface area (Å²) in [5.41, 5.74) is 1.40. The van der Waals surface area contributed by atoms with Crippen molar-refractivity contribution in [2.24, 2.45) is 0 Å². The predicted octanol–water partition coefficient (Wildman–Crippen LogP) is 3.89. The van der Waals surface area contributed by atoms with Crippen molar-refractivity contribution < 1.29 is 28.2 Å². The first-order valence-electron chi connectivity index (χ1n) is 8.78. The summed E-state index contributed by atoms with van der Waals surface area (Å²) in [6.45, 7) is 1.47. The molecular weight excluding hydrogens is 365 g/mol. The third kappa shape index (κ3) is 6.50. The van der Waals surface area contributed by atoms with E-state index in [1.54, 1.807) is 18.2 Å². The maximum absolute atomic E-state index is 13.8. The van der Waals surface area contributed by atoms with Crippen LogP contribution < -0.4 is 10.1 Å². The second-order valence-electron chi connectivity index (χ2n) is 6.16. The van der Waals surface area contributed by atoms with Crippen LogP contribution in [0.4, 0.5) is 10.1 Å². The van der Waals surface area contributed by atoms with E-state index in [4.69, 9.17) is 4.74 Å². The number of halogens is 1. The molecule has 7 heteroatoms. The molecule has 2 aromatic carbocycles. The summed E-state index contributed by atoms with van der Waals surface area (Å²) in [5.74, 6) is -1.22. The van der Waals surface area contributed by atoms with E-state index in [-0.39, 0.29) is 42.7 Å². The van der Waals surface area contributed by atoms with Crippen molar-refractivity contribution in [3.05, 3.63) is 59.4 Å². The second-order valence-corrected chi connectivity index (χ2v) is 6.16. The van der Waals surface area contributed by atoms with Crippen LogP contribution in [0.1, 0.15) is 42.1 Å². The molecule has 0 aromatic heterocycles. The zero-order chi connectivity index (χ0) is 20.5. The van der Waals surface area contributed by atoms with Crippen LogP contribution in [0.15, 0.2) is 42.5 Å². The average molecular weight is 387 g/mol. The van der Waals surface area contributed by atoms with Crippen LogP contribution in [0.25, 0.3) is 0 Å². The van der Waals surface area contributed by atoms with Crippen molar-refractivity contribution in [2.75, 3.05) is 12.4 Å². The van der Waals surface area contributed by atoms with E-state index in [9.17, 15) is 18.8 Å². The molecular formula is C21H22FNO5. The predicted molar refractivity (Wildman–Crippen MR) is 102 cm³/mol. The van der Waals surface area contributed by atoms with Gasteiger partial charge in [0.2, 0.25) is 5.91 Å². The maximum atomic E-state index is 13.8. The van der Waals surface area contributed by atoms with E-state index in [0.29, 0.717) is 17.9 Å². The van der Waals surface area contributed by atoms with Gasteiger partial charge in [0.15, 0.2) is 5.78 Å². The molecule has 0 bridgehead atoms. The van der Waals surface area contributed by atoms with Crippen LogP contribution in [0.2, 0.25) is 0 Å². The van der Waals surface area contributed by atoms with Crippen molar-refractivity contribution in [1.82, 2.24) is 0 Å². The number of methoxy groups -OCH3 is 1. The van der Waals surface area contributed by atoms with Crippen LogP contribution in [-0.4, -0.2) is 24.8 Å². The number of carbonyl (C=O) groups excluding carboxylic acids is 3. The number of hydrogen-bond acceptors (Lipinski definition) is 5. The van der Waals surface area contributed by atoms with Gasteiger partial charge in [0.25, 0.3) is 0 Å². The standard InChI is InChI=1S/C21H22FNO5/c1-14(24)18-10-9-17(12-19(18)22)28-13-15-5-3-6-16(11-15)23-20(25)7-4-8-21(26)27-2/h3,5-6,9-12H,4,7-8,13H2,1-2H3,(H,23,25). The van der Waals surface area contributed by atoms with Gasteiger partial charge < -0.3 is 14.8 Å². The summed E-state index contributed by atoms with van der Waals surface area (Å²) in [6.07, 6.45) is 0.803. The molecule has 0 aliphatic carbocycles. The highest BCUT2D eigenvalue weighted by Gasteiger charge is 2.09. The fourth-order valence-corrected chi connectivity index (χ4v) is 2.50. The first kappa shape index (κ1) is 21.1. The first-order valence-corrected chi connectivity index (χ1v) is 8.78. The smallest absolute Gasteiger partial charge is 0.305 e. The minimum Gasteiger partial charge on any atom is -0.489 e. The molecule has 1 N–H and O–H groups in total. The second kappa shape index (κ2) is 10.2. The van der Waals surface area contributed by atoms with Crippen LogP contribution in [0.5, 0.6) is 5.75 Å². The summed E-state index contributed by atoms with van der Waals surface area (Å²) < 4.78 is 23.9. The molecule has 0 aliphatic rings. The van der Waals surface area contributed by atoms with Gasteiger partial charge in [0.1, 0.15) is 18.2 Å². The van der Waals surface area contributed by atoms with Crippen LogP contribution in [-0.2, 0) is 20.9 Å². The average Bonchev–Trinajstić information content (AvgIpc) is 2.66. The number of ketones is 1. The van der Waals surface area contributed by atoms with Crippen molar-refractivity contribution in [1.29, 1.82) is 0 Å². The molecule has 28 heavy (non-hydrogen) atoms. The third-order valence-corrected chi connectivity index (χ3v) is 3.95. The highest BCUT2D eigenvalue weighted by Crippen LogP contribution is 2.19. The topological polar surface area (TPSA) is 81.7 Å². The molecule has 0 atom stereocenters. The number of esters is 1. The fourth-order valence-electron chi connectivity index (χ4n) is 2.50. The Morgan fingerprint density at radius 1 is 1.07 bits per heavy atom. The summed E-state index contributed by atoms with van der Waals surface area (Å²) in [4.78, 5) is 34.2. The van der Waals surface area contributed by atoms with Gasteiger partial charge in [-0.15, -0.1) is 0 Å². The minimum atomic E-state index is -0.627. The third-order valence-electron chi connectivity index (χ3n) is 3.95. The Kier molecular flexibility index (Phi) is 7.68. The zero-order valence-electron chi connectivity index (χ0n) is 15.8. The Balaban J connectivity index is 1.89. The number of Topliss-reactive ketones (excluding diaryl/α,β-unsaturated/α-hetero) is 1. The van der Waals surface area contributed by atoms with Gasteiger partial charge in [-0.05, 0) is 43.2 Å². The molecule has 0 spiro atoms. The molecule has 0 aliphatic heterocycles. The summed E-state index contributed by atoms with van der Waals surface area (Å²) in [6, 6.07) is 11.2. The zero-order valence-corrected chi connectivity index (χ0v) is 15.8. The molecule has 0 radical (unpaired) electrons. The number of benzene rings is 2. The van der Waals surface area contributed by atoms with Gasteiger partial charge in [-0.2, -0.15) is 0 Å². The molecule has 0 saturated carbocycles. The fraction of sp³-hybridized carbons (Fsp3) is 0.286. The molecule has 148 valence electrons. The number of amides is 1. The lowest BCUT2D eigenvalue weighted by atomic mass is 10.1. The molecule has 0 saturated heterocycles. The number of ether oxygens (including phenoxy) is 2. The highest BCUT2D eigenvalue weighted by atomic mass is 19.1. The molecule has 0 heterocycles. The Hall–Kier alpha value is -3.22. The van der Waals surface area contributed by atoms with Crippen LogP contribution >= 0.6 is 0 Å². The van der Waals surface area contributed by atoms with E-state index in [1.807, 2.05) is 6.07 Å². The summed E-state index contributed by atoms with van der Waals surface area (Å²) >= 11 is 0. The molecule has 1 amide bonds. The molecule has 6 nitrogen and oxygen atoms in total. The lowest BCUT2D eigenvalue weighted by molar-refractivity contribution is -0.140. The monoisotopic (exact) mass is 387 g/mol. The number of nitrogens with one attached hydrogen (secondary N) is 1. The van der Waals surface area contributed by atoms with Gasteiger partial charge in [-0.1, -0.05) is 12.1 Å². The van der Waals surface area contributed by atoms with E-state index >= 15 is 0 Å². The Morgan fingerprint density at radius 3 is 2.54 bits per heavy atom. The van der Waals surface area contributed by atoms with Gasteiger partial charge in [0.05, 0.1) is 12.7 Å². The van der Waals surface area contributed by atoms with Crippen molar-refractivity contribution in [3.63, 3.8) is 0 Å². The van der Waals surface area contributed by atoms with Crippen LogP contribution in [0, 0.1) is 5.82 Å². The Bertz CT molecular complexity index is 866. The summed E-state index contributed by atoms with van der Waals surface area (Å²) in [5, 5.41) is 2.76. The summed E-state index contributed by atoms with van der Waals surface area (Å²) in [7, 11) is 1.31. The van der Waals surface area contributed by atoms with Crippen LogP contribution in [0.3, 0.4) is 0 Å². The maximum Gasteiger partial charge on any atom is 0.305 e. The largest absolute Gasteiger partial charge is 0.489 e. The molecule has 2 aromatic rings. The number of anilines is 1. The molecule has 0 fully saturated rings. The first-order chi connectivity index (χ1) is 13.4. The SMILES string of the molecule is COC(=O)CCCC(=O)Nc1cccc(COc2ccc(C(C)=O)c(F)c2)c1. The lowest BCUT2D eigenvalue weighted by Gasteiger charge is -2.10. The molecule has 2 rings (SSSR count). The van der Waals surface area contributed by atoms with Gasteiger partial charge >= 0.3 is 5.97 Å². The van der Waals surface area contributed by atoms with E-state index < -0.39 is 5.82 Å². The van der Waals surface area contributed by atoms with Crippen molar-refractivity contribution >= 4 is 23.3 Å². The van der Waals surface area contributed by atoms with Gasteiger partial charge in [0, 0.05) is 24.6 Å². The molecule has 0 unspecified atom stereocenters. The lowest BCUT2D eigenvalue weighted by Crippen LogP contribution is -2.12. The van der Waals surface area contributed by atoms with Crippen molar-refractivity contribution in [3.8, 4) is 5.75 Å². The minimum absolute atomic E-state index is 0.0178. The van der Waals surface area contributed by atoms with E-state index in [1.165, 1.54) is 32.2 Å². The normalized spacial score (nSPS) is 10.2. The number of rotatable bonds is 9. The van der Waals surface area contributed by atoms with E-state index in [0.717, 1.165) is 5.56 Å². The van der Waals surface area contributed by atoms with Crippen molar-refractivity contribution in [2.45, 2.75) is 32.8 Å². The highest BCUT2D eigenvalue weighted by molar-refractivity contribution is 5.94. The quantitative estimate of drug-likeness (QED) is 0.521. The Labute approximate surface area is 162 Å². The van der Waals surface area contributed by atoms with Gasteiger partial charge in [-0.25, -0.2) is 4.39 Å². The van der Waals surface area contributed by atoms with Gasteiger partial charge in [-0.3, -0.25) is 14.4 Å². The number of carbonyl (C=O) groups is 3. The number of hydrogen-bond donors (Lipinski definition) is 1.